The average molecular weight is 212 g/mol. The first-order valence-electron chi connectivity index (χ1n) is 4.90. The molecule has 1 unspecified atom stereocenters. The normalized spacial score (nSPS) is 20.7. The van der Waals surface area contributed by atoms with Gasteiger partial charge in [-0.15, -0.1) is 0 Å². The molecule has 84 valence electrons. The lowest BCUT2D eigenvalue weighted by molar-refractivity contribution is -0.140. The summed E-state index contributed by atoms with van der Waals surface area (Å²) >= 11 is 0. The molecule has 4 nitrogen and oxygen atoms in total. The van der Waals surface area contributed by atoms with Crippen LogP contribution in [0.5, 0.6) is 0 Å². The first-order valence-corrected chi connectivity index (χ1v) is 4.90. The van der Waals surface area contributed by atoms with Crippen LogP contribution in [0, 0.1) is 5.92 Å². The van der Waals surface area contributed by atoms with Crippen molar-refractivity contribution < 1.29 is 19.4 Å². The molecule has 0 aromatic heterocycles. The molecular weight excluding hydrogens is 196 g/mol. The Morgan fingerprint density at radius 2 is 2.20 bits per heavy atom. The Kier molecular flexibility index (Phi) is 3.77. The Morgan fingerprint density at radius 1 is 1.53 bits per heavy atom. The number of methoxy groups -OCH3 is 1. The number of hydrogen-bond acceptors (Lipinski definition) is 3. The quantitative estimate of drug-likeness (QED) is 0.773. The molecule has 1 rings (SSSR count). The maximum Gasteiger partial charge on any atom is 0.310 e. The Hall–Kier alpha value is -1.45. The Balaban J connectivity index is 2.77. The highest BCUT2D eigenvalue weighted by atomic mass is 16.5. The number of carboxylic acids is 1. The van der Waals surface area contributed by atoms with Gasteiger partial charge in [0, 0.05) is 0 Å². The zero-order valence-electron chi connectivity index (χ0n) is 9.19. The first kappa shape index (κ1) is 11.6. The zero-order chi connectivity index (χ0) is 11.4. The van der Waals surface area contributed by atoms with Crippen molar-refractivity contribution >= 4 is 5.97 Å². The van der Waals surface area contributed by atoms with Crippen LogP contribution in [-0.4, -0.2) is 24.3 Å². The molecule has 0 saturated heterocycles. The number of allylic oxidation sites excluding steroid dienone is 1. The molecule has 0 saturated carbocycles. The van der Waals surface area contributed by atoms with Crippen molar-refractivity contribution in [2.75, 3.05) is 7.11 Å². The molecule has 0 heterocycles. The van der Waals surface area contributed by atoms with Crippen molar-refractivity contribution in [3.8, 4) is 0 Å². The molecule has 0 bridgehead atoms. The van der Waals surface area contributed by atoms with Crippen LogP contribution in [0.15, 0.2) is 23.7 Å². The number of ether oxygens (including phenoxy) is 2. The van der Waals surface area contributed by atoms with Crippen molar-refractivity contribution in [3.05, 3.63) is 23.7 Å². The molecule has 15 heavy (non-hydrogen) atoms. The molecule has 0 spiro atoms. The minimum atomic E-state index is -0.843. The molecule has 1 aliphatic rings. The van der Waals surface area contributed by atoms with Gasteiger partial charge in [0.25, 0.3) is 0 Å². The maximum atomic E-state index is 10.8. The highest BCUT2D eigenvalue weighted by molar-refractivity contribution is 5.73. The fourth-order valence-electron chi connectivity index (χ4n) is 1.37. The summed E-state index contributed by atoms with van der Waals surface area (Å²) in [6.07, 6.45) is 3.85. The number of rotatable bonds is 4. The lowest BCUT2D eigenvalue weighted by Gasteiger charge is -2.20. The van der Waals surface area contributed by atoms with E-state index in [0.29, 0.717) is 17.9 Å². The van der Waals surface area contributed by atoms with E-state index in [-0.39, 0.29) is 6.10 Å². The van der Waals surface area contributed by atoms with Gasteiger partial charge >= 0.3 is 5.97 Å². The molecule has 0 aromatic rings. The largest absolute Gasteiger partial charge is 0.493 e. The molecule has 1 atom stereocenters. The van der Waals surface area contributed by atoms with E-state index in [1.807, 2.05) is 13.8 Å². The second kappa shape index (κ2) is 4.87. The van der Waals surface area contributed by atoms with E-state index in [2.05, 4.69) is 0 Å². The lowest BCUT2D eigenvalue weighted by Crippen LogP contribution is -2.17. The van der Waals surface area contributed by atoms with E-state index >= 15 is 0 Å². The van der Waals surface area contributed by atoms with E-state index < -0.39 is 11.9 Å². The van der Waals surface area contributed by atoms with Gasteiger partial charge in [-0.05, 0) is 32.4 Å². The second-order valence-electron chi connectivity index (χ2n) is 3.65. The van der Waals surface area contributed by atoms with E-state index in [9.17, 15) is 4.79 Å². The smallest absolute Gasteiger partial charge is 0.310 e. The third-order valence-corrected chi connectivity index (χ3v) is 2.05. The third kappa shape index (κ3) is 3.01. The van der Waals surface area contributed by atoms with Crippen LogP contribution < -0.4 is 0 Å². The summed E-state index contributed by atoms with van der Waals surface area (Å²) in [6, 6.07) is 0. The Labute approximate surface area is 89.2 Å². The van der Waals surface area contributed by atoms with Gasteiger partial charge in [0.05, 0.1) is 19.1 Å². The van der Waals surface area contributed by atoms with Crippen LogP contribution in [0.1, 0.15) is 20.3 Å². The summed E-state index contributed by atoms with van der Waals surface area (Å²) in [7, 11) is 1.51. The van der Waals surface area contributed by atoms with E-state index in [4.69, 9.17) is 14.6 Å². The monoisotopic (exact) mass is 212 g/mol. The number of carboxylic acid groups (broad SMARTS) is 1. The summed E-state index contributed by atoms with van der Waals surface area (Å²) in [6.45, 7) is 3.83. The van der Waals surface area contributed by atoms with E-state index in [0.717, 1.165) is 0 Å². The molecular formula is C11H16O4. The van der Waals surface area contributed by atoms with Crippen LogP contribution in [0.2, 0.25) is 0 Å². The molecule has 0 fully saturated rings. The Bertz CT molecular complexity index is 302. The number of carbonyl (C=O) groups is 1. The average Bonchev–Trinajstić information content (AvgIpc) is 2.17. The molecule has 1 N–H and O–H groups in total. The minimum Gasteiger partial charge on any atom is -0.493 e. The summed E-state index contributed by atoms with van der Waals surface area (Å²) < 4.78 is 10.6. The van der Waals surface area contributed by atoms with Crippen molar-refractivity contribution in [1.29, 1.82) is 0 Å². The van der Waals surface area contributed by atoms with Crippen LogP contribution in [0.25, 0.3) is 0 Å². The molecule has 0 radical (unpaired) electrons. The lowest BCUT2D eigenvalue weighted by atomic mass is 9.99. The van der Waals surface area contributed by atoms with Gasteiger partial charge in [-0.25, -0.2) is 0 Å². The molecule has 0 aliphatic heterocycles. The van der Waals surface area contributed by atoms with E-state index in [1.165, 1.54) is 7.11 Å². The summed E-state index contributed by atoms with van der Waals surface area (Å²) in [5.74, 6) is -0.226. The second-order valence-corrected chi connectivity index (χ2v) is 3.65. The number of aliphatic carboxylic acids is 1. The van der Waals surface area contributed by atoms with Crippen molar-refractivity contribution in [2.24, 2.45) is 5.92 Å². The van der Waals surface area contributed by atoms with Gasteiger partial charge in [-0.2, -0.15) is 0 Å². The van der Waals surface area contributed by atoms with Crippen LogP contribution in [0.3, 0.4) is 0 Å². The molecule has 0 aromatic carbocycles. The van der Waals surface area contributed by atoms with Crippen LogP contribution in [-0.2, 0) is 14.3 Å². The fraction of sp³-hybridized carbons (Fsp3) is 0.545. The third-order valence-electron chi connectivity index (χ3n) is 2.05. The highest BCUT2D eigenvalue weighted by Gasteiger charge is 2.22. The van der Waals surface area contributed by atoms with E-state index in [1.54, 1.807) is 12.2 Å². The predicted molar refractivity (Wildman–Crippen MR) is 55.1 cm³/mol. The fourth-order valence-corrected chi connectivity index (χ4v) is 1.37. The summed E-state index contributed by atoms with van der Waals surface area (Å²) in [5.41, 5.74) is 0. The predicted octanol–water partition coefficient (Wildman–Crippen LogP) is 1.93. The van der Waals surface area contributed by atoms with Crippen molar-refractivity contribution in [3.63, 3.8) is 0 Å². The summed E-state index contributed by atoms with van der Waals surface area (Å²) in [5, 5.41) is 8.85. The molecule has 0 amide bonds. The van der Waals surface area contributed by atoms with Gasteiger partial charge in [-0.1, -0.05) is 0 Å². The molecule has 4 heteroatoms. The highest BCUT2D eigenvalue weighted by Crippen LogP contribution is 2.25. The van der Waals surface area contributed by atoms with Gasteiger partial charge in [-0.3, -0.25) is 4.79 Å². The van der Waals surface area contributed by atoms with Crippen molar-refractivity contribution in [1.82, 2.24) is 0 Å². The topological polar surface area (TPSA) is 55.8 Å². The maximum absolute atomic E-state index is 10.8. The first-order chi connectivity index (χ1) is 7.04. The van der Waals surface area contributed by atoms with Crippen molar-refractivity contribution in [2.45, 2.75) is 26.4 Å². The van der Waals surface area contributed by atoms with Gasteiger partial charge in [0.1, 0.15) is 0 Å². The Morgan fingerprint density at radius 3 is 2.67 bits per heavy atom. The van der Waals surface area contributed by atoms with Gasteiger partial charge in [0.2, 0.25) is 0 Å². The number of hydrogen-bond donors (Lipinski definition) is 1. The standard InChI is InChI=1S/C11H16O4/c1-7(2)15-9-5-4-8(11(12)13)6-10(9)14-3/h5-8H,4H2,1-3H3,(H,12,13). The molecule has 1 aliphatic carbocycles. The SMILES string of the molecule is COC1=CC(C(=O)O)CC=C1OC(C)C. The van der Waals surface area contributed by atoms with Crippen LogP contribution in [0.4, 0.5) is 0 Å². The van der Waals surface area contributed by atoms with Gasteiger partial charge < -0.3 is 14.6 Å². The minimum absolute atomic E-state index is 0.0520. The van der Waals surface area contributed by atoms with Crippen LogP contribution >= 0.6 is 0 Å². The summed E-state index contributed by atoms with van der Waals surface area (Å²) in [4.78, 5) is 10.8. The zero-order valence-corrected chi connectivity index (χ0v) is 9.19. The van der Waals surface area contributed by atoms with Gasteiger partial charge in [0.15, 0.2) is 11.5 Å².